The summed E-state index contributed by atoms with van der Waals surface area (Å²) < 4.78 is 0. The molecule has 0 aliphatic rings. The third-order valence-corrected chi connectivity index (χ3v) is 3.16. The molecular formula is C14H16N2O2S. The topological polar surface area (TPSA) is 72.2 Å². The summed E-state index contributed by atoms with van der Waals surface area (Å²) >= 11 is 1.30. The second-order valence-electron chi connectivity index (χ2n) is 3.63. The van der Waals surface area contributed by atoms with Crippen LogP contribution in [0.2, 0.25) is 0 Å². The average molecular weight is 276 g/mol. The summed E-state index contributed by atoms with van der Waals surface area (Å²) in [5, 5.41) is 2.76. The van der Waals surface area contributed by atoms with Crippen LogP contribution >= 0.6 is 11.8 Å². The highest BCUT2D eigenvalue weighted by Gasteiger charge is 2.05. The van der Waals surface area contributed by atoms with Gasteiger partial charge in [-0.1, -0.05) is 30.4 Å². The number of anilines is 1. The second-order valence-corrected chi connectivity index (χ2v) is 4.64. The van der Waals surface area contributed by atoms with Crippen molar-refractivity contribution in [1.29, 1.82) is 0 Å². The standard InChI is InChI=1S/C14H16N2O2S/c1-2-3-4-9-14(18)16-11-7-5-6-8-12(11)19-10-13(15)17/h2-9H,10H2,1H3,(H2,15,17)(H,16,18)/b3-2+,9-4+. The summed E-state index contributed by atoms with van der Waals surface area (Å²) in [6.07, 6.45) is 6.71. The number of amides is 2. The monoisotopic (exact) mass is 276 g/mol. The molecule has 0 atom stereocenters. The number of nitrogens with two attached hydrogens (primary N) is 1. The van der Waals surface area contributed by atoms with Crippen molar-refractivity contribution in [3.63, 3.8) is 0 Å². The van der Waals surface area contributed by atoms with Gasteiger partial charge in [0.1, 0.15) is 0 Å². The highest BCUT2D eigenvalue weighted by molar-refractivity contribution is 8.00. The van der Waals surface area contributed by atoms with Crippen LogP contribution in [0.3, 0.4) is 0 Å². The van der Waals surface area contributed by atoms with Crippen LogP contribution in [-0.2, 0) is 9.59 Å². The van der Waals surface area contributed by atoms with Crippen molar-refractivity contribution in [3.8, 4) is 0 Å². The molecule has 0 unspecified atom stereocenters. The van der Waals surface area contributed by atoms with E-state index in [1.165, 1.54) is 17.8 Å². The maximum absolute atomic E-state index is 11.6. The number of primary amides is 1. The zero-order valence-electron chi connectivity index (χ0n) is 10.6. The summed E-state index contributed by atoms with van der Waals surface area (Å²) in [5.41, 5.74) is 5.78. The number of carbonyl (C=O) groups excluding carboxylic acids is 2. The lowest BCUT2D eigenvalue weighted by atomic mass is 10.3. The number of allylic oxidation sites excluding steroid dienone is 3. The third kappa shape index (κ3) is 5.92. The Balaban J connectivity index is 2.71. The molecule has 5 heteroatoms. The molecule has 0 fully saturated rings. The maximum atomic E-state index is 11.6. The predicted molar refractivity (Wildman–Crippen MR) is 78.9 cm³/mol. The normalized spacial score (nSPS) is 11.0. The molecule has 0 spiro atoms. The van der Waals surface area contributed by atoms with Crippen LogP contribution in [0.15, 0.2) is 53.5 Å². The van der Waals surface area contributed by atoms with E-state index in [0.29, 0.717) is 5.69 Å². The Morgan fingerprint density at radius 2 is 2.05 bits per heavy atom. The molecule has 1 rings (SSSR count). The lowest BCUT2D eigenvalue weighted by molar-refractivity contribution is -0.115. The van der Waals surface area contributed by atoms with Crippen LogP contribution < -0.4 is 11.1 Å². The summed E-state index contributed by atoms with van der Waals surface area (Å²) in [6.45, 7) is 1.87. The van der Waals surface area contributed by atoms with Crippen molar-refractivity contribution in [2.75, 3.05) is 11.1 Å². The zero-order chi connectivity index (χ0) is 14.1. The van der Waals surface area contributed by atoms with E-state index in [0.717, 1.165) is 4.90 Å². The van der Waals surface area contributed by atoms with Gasteiger partial charge < -0.3 is 11.1 Å². The Morgan fingerprint density at radius 1 is 1.32 bits per heavy atom. The number of para-hydroxylation sites is 1. The van der Waals surface area contributed by atoms with Gasteiger partial charge in [0, 0.05) is 11.0 Å². The Labute approximate surface area is 116 Å². The molecule has 3 N–H and O–H groups in total. The molecule has 2 amide bonds. The number of hydrogen-bond donors (Lipinski definition) is 2. The molecule has 0 heterocycles. The van der Waals surface area contributed by atoms with Crippen molar-refractivity contribution in [2.24, 2.45) is 5.73 Å². The molecule has 0 saturated heterocycles. The maximum Gasteiger partial charge on any atom is 0.248 e. The minimum Gasteiger partial charge on any atom is -0.369 e. The third-order valence-electron chi connectivity index (χ3n) is 2.07. The van der Waals surface area contributed by atoms with E-state index in [-0.39, 0.29) is 17.6 Å². The number of nitrogens with one attached hydrogen (secondary N) is 1. The van der Waals surface area contributed by atoms with Crippen molar-refractivity contribution < 1.29 is 9.59 Å². The van der Waals surface area contributed by atoms with E-state index >= 15 is 0 Å². The molecule has 0 aromatic heterocycles. The Hall–Kier alpha value is -2.01. The van der Waals surface area contributed by atoms with Gasteiger partial charge in [0.05, 0.1) is 11.4 Å². The SMILES string of the molecule is C/C=C/C=C/C(=O)Nc1ccccc1SCC(N)=O. The first-order valence-electron chi connectivity index (χ1n) is 5.74. The number of carbonyl (C=O) groups is 2. The molecule has 0 radical (unpaired) electrons. The van der Waals surface area contributed by atoms with Crippen LogP contribution in [0.4, 0.5) is 5.69 Å². The average Bonchev–Trinajstić information content (AvgIpc) is 2.38. The fraction of sp³-hybridized carbons (Fsp3) is 0.143. The molecule has 19 heavy (non-hydrogen) atoms. The molecule has 0 aliphatic heterocycles. The van der Waals surface area contributed by atoms with Crippen molar-refractivity contribution in [2.45, 2.75) is 11.8 Å². The van der Waals surface area contributed by atoms with Gasteiger partial charge in [0.15, 0.2) is 0 Å². The quantitative estimate of drug-likeness (QED) is 0.476. The second kappa shape index (κ2) is 8.16. The molecule has 4 nitrogen and oxygen atoms in total. The number of rotatable bonds is 6. The first kappa shape index (κ1) is 15.0. The van der Waals surface area contributed by atoms with E-state index in [1.807, 2.05) is 31.2 Å². The number of thioether (sulfide) groups is 1. The first-order chi connectivity index (χ1) is 9.13. The predicted octanol–water partition coefficient (Wildman–Crippen LogP) is 2.33. The van der Waals surface area contributed by atoms with Gasteiger partial charge >= 0.3 is 0 Å². The molecule has 1 aromatic carbocycles. The van der Waals surface area contributed by atoms with E-state index in [4.69, 9.17) is 5.73 Å². The summed E-state index contributed by atoms with van der Waals surface area (Å²) in [4.78, 5) is 23.2. The van der Waals surface area contributed by atoms with Gasteiger partial charge in [-0.05, 0) is 19.1 Å². The minimum absolute atomic E-state index is 0.182. The van der Waals surface area contributed by atoms with Crippen LogP contribution in [0.5, 0.6) is 0 Å². The summed E-state index contributed by atoms with van der Waals surface area (Å²) in [5.74, 6) is -0.425. The Morgan fingerprint density at radius 3 is 2.74 bits per heavy atom. The van der Waals surface area contributed by atoms with Gasteiger partial charge in [-0.2, -0.15) is 0 Å². The number of hydrogen-bond acceptors (Lipinski definition) is 3. The van der Waals surface area contributed by atoms with Gasteiger partial charge in [0.2, 0.25) is 11.8 Å². The first-order valence-corrected chi connectivity index (χ1v) is 6.72. The van der Waals surface area contributed by atoms with Crippen molar-refractivity contribution >= 4 is 29.3 Å². The largest absolute Gasteiger partial charge is 0.369 e. The zero-order valence-corrected chi connectivity index (χ0v) is 11.4. The van der Waals surface area contributed by atoms with Crippen LogP contribution in [0.25, 0.3) is 0 Å². The van der Waals surface area contributed by atoms with E-state index in [2.05, 4.69) is 5.32 Å². The smallest absolute Gasteiger partial charge is 0.248 e. The van der Waals surface area contributed by atoms with Crippen LogP contribution in [-0.4, -0.2) is 17.6 Å². The Bertz CT molecular complexity index is 510. The van der Waals surface area contributed by atoms with Crippen LogP contribution in [0, 0.1) is 0 Å². The minimum atomic E-state index is -0.390. The van der Waals surface area contributed by atoms with E-state index < -0.39 is 0 Å². The van der Waals surface area contributed by atoms with E-state index in [9.17, 15) is 9.59 Å². The molecule has 0 aliphatic carbocycles. The molecule has 100 valence electrons. The fourth-order valence-corrected chi connectivity index (χ4v) is 2.02. The molecule has 1 aromatic rings. The van der Waals surface area contributed by atoms with Gasteiger partial charge in [0.25, 0.3) is 0 Å². The van der Waals surface area contributed by atoms with Gasteiger partial charge in [-0.3, -0.25) is 9.59 Å². The van der Waals surface area contributed by atoms with Crippen molar-refractivity contribution in [1.82, 2.24) is 0 Å². The van der Waals surface area contributed by atoms with E-state index in [1.54, 1.807) is 18.2 Å². The summed E-state index contributed by atoms with van der Waals surface area (Å²) in [7, 11) is 0. The fourth-order valence-electron chi connectivity index (χ4n) is 1.27. The summed E-state index contributed by atoms with van der Waals surface area (Å²) in [6, 6.07) is 7.28. The molecule has 0 bridgehead atoms. The molecular weight excluding hydrogens is 260 g/mol. The lowest BCUT2D eigenvalue weighted by Crippen LogP contribution is -2.13. The highest BCUT2D eigenvalue weighted by atomic mass is 32.2. The van der Waals surface area contributed by atoms with Gasteiger partial charge in [-0.25, -0.2) is 0 Å². The lowest BCUT2D eigenvalue weighted by Gasteiger charge is -2.08. The van der Waals surface area contributed by atoms with Crippen molar-refractivity contribution in [3.05, 3.63) is 48.6 Å². The number of benzene rings is 1. The molecule has 0 saturated carbocycles. The highest BCUT2D eigenvalue weighted by Crippen LogP contribution is 2.26. The van der Waals surface area contributed by atoms with Crippen LogP contribution in [0.1, 0.15) is 6.92 Å². The van der Waals surface area contributed by atoms with Gasteiger partial charge in [-0.15, -0.1) is 11.8 Å². The Kier molecular flexibility index (Phi) is 6.46.